The van der Waals surface area contributed by atoms with E-state index < -0.39 is 0 Å². The van der Waals surface area contributed by atoms with E-state index in [0.29, 0.717) is 0 Å². The highest BCUT2D eigenvalue weighted by atomic mass is 32.1. The molecule has 0 aliphatic heterocycles. The van der Waals surface area contributed by atoms with Crippen LogP contribution in [0.25, 0.3) is 46.3 Å². The predicted octanol–water partition coefficient (Wildman–Crippen LogP) is 8.14. The van der Waals surface area contributed by atoms with Crippen LogP contribution in [0, 0.1) is 20.8 Å². The molecule has 0 aliphatic carbocycles. The van der Waals surface area contributed by atoms with Gasteiger partial charge in [-0.25, -0.2) is 0 Å². The first-order chi connectivity index (χ1) is 13.6. The second kappa shape index (κ2) is 5.69. The number of hydrogen-bond donors (Lipinski definition) is 0. The number of rotatable bonds is 1. The molecule has 0 aliphatic rings. The van der Waals surface area contributed by atoms with Crippen LogP contribution < -0.4 is 0 Å². The molecule has 0 bridgehead atoms. The second-order valence-electron chi connectivity index (χ2n) is 7.64. The van der Waals surface area contributed by atoms with Gasteiger partial charge >= 0.3 is 0 Å². The maximum atomic E-state index is 2.53. The second-order valence-corrected chi connectivity index (χ2v) is 9.70. The third-order valence-electron chi connectivity index (χ3n) is 5.67. The van der Waals surface area contributed by atoms with E-state index in [1.807, 2.05) is 22.7 Å². The highest BCUT2D eigenvalue weighted by molar-refractivity contribution is 7.28. The molecule has 0 saturated heterocycles. The SMILES string of the molecule is Cc1cc(C)c(-n2c3sc4ccccc4c3c3c4ccccc4sc32)c(C)c1. The molecule has 0 fully saturated rings. The van der Waals surface area contributed by atoms with Gasteiger partial charge in [0.05, 0.1) is 5.69 Å². The van der Waals surface area contributed by atoms with Gasteiger partial charge in [-0.3, -0.25) is 4.57 Å². The molecule has 3 aromatic heterocycles. The Balaban J connectivity index is 1.92. The van der Waals surface area contributed by atoms with E-state index in [9.17, 15) is 0 Å². The number of hydrogen-bond acceptors (Lipinski definition) is 2. The Morgan fingerprint density at radius 1 is 0.643 bits per heavy atom. The van der Waals surface area contributed by atoms with Crippen molar-refractivity contribution in [2.75, 3.05) is 0 Å². The molecule has 3 heterocycles. The highest BCUT2D eigenvalue weighted by Gasteiger charge is 2.22. The Morgan fingerprint density at radius 3 is 1.61 bits per heavy atom. The van der Waals surface area contributed by atoms with Crippen molar-refractivity contribution in [2.24, 2.45) is 0 Å². The Morgan fingerprint density at radius 2 is 1.11 bits per heavy atom. The van der Waals surface area contributed by atoms with Crippen molar-refractivity contribution in [3.05, 3.63) is 77.4 Å². The van der Waals surface area contributed by atoms with E-state index >= 15 is 0 Å². The first-order valence-corrected chi connectivity index (χ1v) is 11.2. The normalized spacial score (nSPS) is 12.1. The number of nitrogens with zero attached hydrogens (tertiary/aromatic N) is 1. The van der Waals surface area contributed by atoms with Gasteiger partial charge in [-0.15, -0.1) is 22.7 Å². The van der Waals surface area contributed by atoms with Gasteiger partial charge in [0.1, 0.15) is 9.66 Å². The summed E-state index contributed by atoms with van der Waals surface area (Å²) in [5.41, 5.74) is 5.34. The van der Waals surface area contributed by atoms with Crippen molar-refractivity contribution in [1.29, 1.82) is 0 Å². The van der Waals surface area contributed by atoms with Crippen molar-refractivity contribution >= 4 is 63.3 Å². The molecule has 0 saturated carbocycles. The average molecular weight is 398 g/mol. The molecule has 0 unspecified atom stereocenters. The summed E-state index contributed by atoms with van der Waals surface area (Å²) in [6, 6.07) is 22.3. The summed E-state index contributed by atoms with van der Waals surface area (Å²) in [6.07, 6.45) is 0. The minimum Gasteiger partial charge on any atom is -0.291 e. The molecule has 0 atom stereocenters. The van der Waals surface area contributed by atoms with Crippen molar-refractivity contribution in [3.63, 3.8) is 0 Å². The topological polar surface area (TPSA) is 4.93 Å². The maximum absolute atomic E-state index is 2.53. The molecular weight excluding hydrogens is 378 g/mol. The van der Waals surface area contributed by atoms with Crippen molar-refractivity contribution in [3.8, 4) is 5.69 Å². The van der Waals surface area contributed by atoms with E-state index in [4.69, 9.17) is 0 Å². The fraction of sp³-hybridized carbons (Fsp3) is 0.120. The van der Waals surface area contributed by atoms with E-state index in [1.54, 1.807) is 0 Å². The smallest absolute Gasteiger partial charge is 0.110 e. The van der Waals surface area contributed by atoms with Crippen LogP contribution in [0.3, 0.4) is 0 Å². The van der Waals surface area contributed by atoms with Gasteiger partial charge in [0.2, 0.25) is 0 Å². The zero-order valence-corrected chi connectivity index (χ0v) is 17.7. The summed E-state index contributed by atoms with van der Waals surface area (Å²) in [6.45, 7) is 6.67. The average Bonchev–Trinajstić information content (AvgIpc) is 3.29. The van der Waals surface area contributed by atoms with Crippen LogP contribution >= 0.6 is 22.7 Å². The van der Waals surface area contributed by atoms with E-state index in [-0.39, 0.29) is 0 Å². The zero-order chi connectivity index (χ0) is 19.0. The number of fused-ring (bicyclic) bond motifs is 7. The predicted molar refractivity (Wildman–Crippen MR) is 126 cm³/mol. The van der Waals surface area contributed by atoms with Crippen molar-refractivity contribution < 1.29 is 0 Å². The third kappa shape index (κ3) is 2.06. The molecule has 0 spiro atoms. The molecule has 28 heavy (non-hydrogen) atoms. The van der Waals surface area contributed by atoms with Gasteiger partial charge in [-0.1, -0.05) is 54.1 Å². The Bertz CT molecular complexity index is 1430. The minimum absolute atomic E-state index is 1.33. The molecule has 0 N–H and O–H groups in total. The number of benzene rings is 3. The number of thiophene rings is 2. The fourth-order valence-electron chi connectivity index (χ4n) is 4.68. The lowest BCUT2D eigenvalue weighted by atomic mass is 10.1. The summed E-state index contributed by atoms with van der Waals surface area (Å²) >= 11 is 3.83. The fourth-order valence-corrected chi connectivity index (χ4v) is 7.19. The lowest BCUT2D eigenvalue weighted by molar-refractivity contribution is 1.13. The van der Waals surface area contributed by atoms with Gasteiger partial charge in [0.15, 0.2) is 0 Å². The van der Waals surface area contributed by atoms with Gasteiger partial charge in [-0.05, 0) is 44.0 Å². The van der Waals surface area contributed by atoms with Gasteiger partial charge in [0.25, 0.3) is 0 Å². The Hall–Kier alpha value is -2.62. The van der Waals surface area contributed by atoms with Crippen LogP contribution in [0.5, 0.6) is 0 Å². The summed E-state index contributed by atoms with van der Waals surface area (Å²) in [4.78, 5) is 2.73. The van der Waals surface area contributed by atoms with Gasteiger partial charge in [-0.2, -0.15) is 0 Å². The third-order valence-corrected chi connectivity index (χ3v) is 7.98. The van der Waals surface area contributed by atoms with Gasteiger partial charge in [0, 0.05) is 30.9 Å². The first kappa shape index (κ1) is 16.3. The maximum Gasteiger partial charge on any atom is 0.110 e. The Kier molecular flexibility index (Phi) is 3.32. The molecule has 6 rings (SSSR count). The molecule has 3 heteroatoms. The van der Waals surface area contributed by atoms with E-state index in [0.717, 1.165) is 0 Å². The molecule has 0 amide bonds. The van der Waals surface area contributed by atoms with Crippen LogP contribution in [0.4, 0.5) is 0 Å². The molecule has 1 nitrogen and oxygen atoms in total. The number of aromatic nitrogens is 1. The molecule has 136 valence electrons. The highest BCUT2D eigenvalue weighted by Crippen LogP contribution is 2.48. The summed E-state index contributed by atoms with van der Waals surface area (Å²) < 4.78 is 5.26. The van der Waals surface area contributed by atoms with Crippen LogP contribution in [-0.4, -0.2) is 4.57 Å². The van der Waals surface area contributed by atoms with Crippen LogP contribution in [0.1, 0.15) is 16.7 Å². The summed E-state index contributed by atoms with van der Waals surface area (Å²) in [7, 11) is 0. The zero-order valence-electron chi connectivity index (χ0n) is 16.0. The van der Waals surface area contributed by atoms with Crippen molar-refractivity contribution in [2.45, 2.75) is 20.8 Å². The molecule has 0 radical (unpaired) electrons. The Labute approximate surface area is 171 Å². The first-order valence-electron chi connectivity index (χ1n) is 9.55. The molecule has 3 aromatic carbocycles. The van der Waals surface area contributed by atoms with Crippen LogP contribution in [0.15, 0.2) is 60.7 Å². The molecular formula is C25H19NS2. The summed E-state index contributed by atoms with van der Waals surface area (Å²) in [5, 5.41) is 5.56. The largest absolute Gasteiger partial charge is 0.291 e. The molecule has 6 aromatic rings. The summed E-state index contributed by atoms with van der Waals surface area (Å²) in [5.74, 6) is 0. The van der Waals surface area contributed by atoms with Crippen LogP contribution in [-0.2, 0) is 0 Å². The van der Waals surface area contributed by atoms with Gasteiger partial charge < -0.3 is 0 Å². The standard InChI is InChI=1S/C25H19NS2/c1-14-12-15(2)23(16(3)13-14)26-24-21(17-8-4-6-10-19(17)27-24)22-18-9-5-7-11-20(18)28-25(22)26/h4-13H,1-3H3. The van der Waals surface area contributed by atoms with E-state index in [1.165, 1.54) is 63.0 Å². The number of aryl methyl sites for hydroxylation is 3. The van der Waals surface area contributed by atoms with E-state index in [2.05, 4.69) is 86.0 Å². The quantitative estimate of drug-likeness (QED) is 0.264. The lowest BCUT2D eigenvalue weighted by Gasteiger charge is -2.14. The minimum atomic E-state index is 1.33. The monoisotopic (exact) mass is 397 g/mol. The lowest BCUT2D eigenvalue weighted by Crippen LogP contribution is -1.99. The van der Waals surface area contributed by atoms with Crippen LogP contribution in [0.2, 0.25) is 0 Å². The van der Waals surface area contributed by atoms with Crippen molar-refractivity contribution in [1.82, 2.24) is 4.57 Å².